The van der Waals surface area contributed by atoms with Crippen LogP contribution in [0.3, 0.4) is 0 Å². The Bertz CT molecular complexity index is 502. The Morgan fingerprint density at radius 1 is 0.933 bits per heavy atom. The van der Waals surface area contributed by atoms with Crippen molar-refractivity contribution in [2.24, 2.45) is 15.7 Å². The van der Waals surface area contributed by atoms with Gasteiger partial charge in [-0.3, -0.25) is 14.9 Å². The van der Waals surface area contributed by atoms with Crippen LogP contribution in [0.2, 0.25) is 0 Å². The molecule has 172 valence electrons. The Balaban J connectivity index is 2.00. The standard InChI is InChI=1S/C20H37N5O5/c21-16-20-17-22-2-4-25(5-3-23-19-24-18-20)6-9-28-11-13-30-15-14-29-12-10-27-8-1-7-26/h7,17-19H,1-6,8-16,21H2,(H,23,24)/b20-18-,22-17?. The highest BCUT2D eigenvalue weighted by molar-refractivity contribution is 5.79. The lowest BCUT2D eigenvalue weighted by Gasteiger charge is -2.20. The van der Waals surface area contributed by atoms with Crippen LogP contribution in [0.15, 0.2) is 21.8 Å². The number of nitrogens with zero attached hydrogens (tertiary/aromatic N) is 3. The number of aldehydes is 1. The van der Waals surface area contributed by atoms with Gasteiger partial charge in [-0.25, -0.2) is 0 Å². The zero-order valence-electron chi connectivity index (χ0n) is 17.9. The first kappa shape index (κ1) is 26.3. The molecule has 0 aromatic rings. The predicted octanol–water partition coefficient (Wildman–Crippen LogP) is -0.511. The van der Waals surface area contributed by atoms with Gasteiger partial charge in [-0.2, -0.15) is 0 Å². The molecular weight excluding hydrogens is 390 g/mol. The van der Waals surface area contributed by atoms with E-state index < -0.39 is 0 Å². The number of hydrogen-bond donors (Lipinski definition) is 2. The highest BCUT2D eigenvalue weighted by Crippen LogP contribution is 1.93. The van der Waals surface area contributed by atoms with E-state index in [1.807, 2.05) is 6.20 Å². The molecule has 0 aromatic heterocycles. The highest BCUT2D eigenvalue weighted by atomic mass is 16.6. The number of hydrogen-bond acceptors (Lipinski definition) is 10. The van der Waals surface area contributed by atoms with E-state index in [0.29, 0.717) is 78.9 Å². The first-order chi connectivity index (χ1) is 14.9. The number of carbonyl (C=O) groups is 1. The molecule has 10 nitrogen and oxygen atoms in total. The fraction of sp³-hybridized carbons (Fsp3) is 0.750. The molecule has 0 spiro atoms. The van der Waals surface area contributed by atoms with Crippen molar-refractivity contribution >= 4 is 18.8 Å². The SMILES string of the molecule is NC/C1=C/NC=NCCN(CCOCCOCCOCCOCCC=O)CCN=C1. The van der Waals surface area contributed by atoms with Crippen molar-refractivity contribution in [1.82, 2.24) is 10.2 Å². The molecule has 1 aliphatic rings. The Morgan fingerprint density at radius 3 is 2.17 bits per heavy atom. The summed E-state index contributed by atoms with van der Waals surface area (Å²) in [5, 5.41) is 3.01. The summed E-state index contributed by atoms with van der Waals surface area (Å²) in [6, 6.07) is 0. The van der Waals surface area contributed by atoms with Gasteiger partial charge in [0.2, 0.25) is 0 Å². The maximum absolute atomic E-state index is 10.1. The van der Waals surface area contributed by atoms with E-state index in [4.69, 9.17) is 24.7 Å². The molecule has 3 N–H and O–H groups in total. The third-order valence-electron chi connectivity index (χ3n) is 4.07. The van der Waals surface area contributed by atoms with Gasteiger partial charge in [-0.15, -0.1) is 0 Å². The van der Waals surface area contributed by atoms with Crippen LogP contribution in [0.5, 0.6) is 0 Å². The average molecular weight is 428 g/mol. The largest absolute Gasteiger partial charge is 0.379 e. The first-order valence-electron chi connectivity index (χ1n) is 10.5. The van der Waals surface area contributed by atoms with Gasteiger partial charge in [0.05, 0.1) is 72.3 Å². The van der Waals surface area contributed by atoms with E-state index in [2.05, 4.69) is 20.2 Å². The summed E-state index contributed by atoms with van der Waals surface area (Å²) >= 11 is 0. The Kier molecular flexibility index (Phi) is 18.1. The lowest BCUT2D eigenvalue weighted by Crippen LogP contribution is -2.33. The highest BCUT2D eigenvalue weighted by Gasteiger charge is 2.04. The van der Waals surface area contributed by atoms with E-state index >= 15 is 0 Å². The monoisotopic (exact) mass is 427 g/mol. The van der Waals surface area contributed by atoms with Crippen LogP contribution < -0.4 is 11.1 Å². The molecule has 30 heavy (non-hydrogen) atoms. The summed E-state index contributed by atoms with van der Waals surface area (Å²) in [7, 11) is 0. The van der Waals surface area contributed by atoms with Crippen molar-refractivity contribution in [3.63, 3.8) is 0 Å². The van der Waals surface area contributed by atoms with Gasteiger partial charge in [0.25, 0.3) is 0 Å². The lowest BCUT2D eigenvalue weighted by atomic mass is 10.3. The summed E-state index contributed by atoms with van der Waals surface area (Å²) in [5.74, 6) is 0. The molecule has 10 heteroatoms. The van der Waals surface area contributed by atoms with Gasteiger partial charge in [0, 0.05) is 45.0 Å². The number of nitrogens with one attached hydrogen (secondary N) is 1. The molecule has 1 heterocycles. The van der Waals surface area contributed by atoms with E-state index in [1.165, 1.54) is 0 Å². The van der Waals surface area contributed by atoms with Gasteiger partial charge in [-0.1, -0.05) is 0 Å². The molecule has 0 aliphatic carbocycles. The van der Waals surface area contributed by atoms with Gasteiger partial charge < -0.3 is 34.8 Å². The molecule has 0 unspecified atom stereocenters. The van der Waals surface area contributed by atoms with Crippen LogP contribution in [0.25, 0.3) is 0 Å². The summed E-state index contributed by atoms with van der Waals surface area (Å²) in [6.45, 7) is 8.60. The average Bonchev–Trinajstić information content (AvgIpc) is 2.75. The van der Waals surface area contributed by atoms with Gasteiger partial charge in [0.15, 0.2) is 0 Å². The Morgan fingerprint density at radius 2 is 1.53 bits per heavy atom. The van der Waals surface area contributed by atoms with Crippen LogP contribution in [0, 0.1) is 0 Å². The number of rotatable bonds is 16. The molecule has 0 aromatic carbocycles. The molecular formula is C20H37N5O5. The maximum atomic E-state index is 10.1. The minimum absolute atomic E-state index is 0.424. The van der Waals surface area contributed by atoms with Crippen LogP contribution in [-0.2, 0) is 23.7 Å². The maximum Gasteiger partial charge on any atom is 0.122 e. The molecule has 0 saturated carbocycles. The molecule has 1 aliphatic heterocycles. The normalized spacial score (nSPS) is 17.6. The molecule has 0 fully saturated rings. The molecule has 0 radical (unpaired) electrons. The minimum Gasteiger partial charge on any atom is -0.379 e. The Labute approximate surface area is 179 Å². The van der Waals surface area contributed by atoms with E-state index in [-0.39, 0.29) is 0 Å². The van der Waals surface area contributed by atoms with E-state index in [1.54, 1.807) is 12.6 Å². The van der Waals surface area contributed by atoms with E-state index in [0.717, 1.165) is 31.5 Å². The third kappa shape index (κ3) is 16.1. The first-order valence-corrected chi connectivity index (χ1v) is 10.5. The Hall–Kier alpha value is -1.69. The van der Waals surface area contributed by atoms with Gasteiger partial charge in [0.1, 0.15) is 6.29 Å². The number of nitrogens with two attached hydrogens (primary N) is 1. The molecule has 0 bridgehead atoms. The van der Waals surface area contributed by atoms with Crippen molar-refractivity contribution in [2.45, 2.75) is 6.42 Å². The fourth-order valence-corrected chi connectivity index (χ4v) is 2.41. The van der Waals surface area contributed by atoms with Crippen molar-refractivity contribution in [1.29, 1.82) is 0 Å². The lowest BCUT2D eigenvalue weighted by molar-refractivity contribution is -0.108. The van der Waals surface area contributed by atoms with Crippen molar-refractivity contribution < 1.29 is 23.7 Å². The summed E-state index contributed by atoms with van der Waals surface area (Å²) < 4.78 is 21.7. The van der Waals surface area contributed by atoms with Crippen LogP contribution in [-0.4, -0.2) is 116 Å². The molecule has 1 rings (SSSR count). The number of carbonyl (C=O) groups excluding carboxylic acids is 1. The van der Waals surface area contributed by atoms with Crippen molar-refractivity contribution in [3.8, 4) is 0 Å². The minimum atomic E-state index is 0.424. The number of ether oxygens (including phenoxy) is 4. The van der Waals surface area contributed by atoms with Crippen LogP contribution >= 0.6 is 0 Å². The zero-order valence-corrected chi connectivity index (χ0v) is 17.9. The summed E-state index contributed by atoms with van der Waals surface area (Å²) in [5.41, 5.74) is 6.61. The quantitative estimate of drug-likeness (QED) is 0.250. The van der Waals surface area contributed by atoms with Gasteiger partial charge >= 0.3 is 0 Å². The van der Waals surface area contributed by atoms with Crippen molar-refractivity contribution in [3.05, 3.63) is 11.8 Å². The molecule has 0 atom stereocenters. The predicted molar refractivity (Wildman–Crippen MR) is 117 cm³/mol. The van der Waals surface area contributed by atoms with E-state index in [9.17, 15) is 4.79 Å². The smallest absolute Gasteiger partial charge is 0.122 e. The second-order valence-corrected chi connectivity index (χ2v) is 6.41. The van der Waals surface area contributed by atoms with Crippen LogP contribution in [0.1, 0.15) is 6.42 Å². The third-order valence-corrected chi connectivity index (χ3v) is 4.07. The molecule has 0 saturated heterocycles. The fourth-order valence-electron chi connectivity index (χ4n) is 2.41. The van der Waals surface area contributed by atoms with Gasteiger partial charge in [-0.05, 0) is 5.57 Å². The molecule has 0 amide bonds. The second kappa shape index (κ2) is 20.6. The topological polar surface area (TPSA) is 120 Å². The zero-order chi connectivity index (χ0) is 21.5. The summed E-state index contributed by atoms with van der Waals surface area (Å²) in [4.78, 5) is 21.2. The van der Waals surface area contributed by atoms with Crippen molar-refractivity contribution in [2.75, 3.05) is 92.1 Å². The van der Waals surface area contributed by atoms with Crippen LogP contribution in [0.4, 0.5) is 0 Å². The number of aliphatic imine (C=N–C) groups is 2. The summed E-state index contributed by atoms with van der Waals surface area (Å²) in [6.07, 6.45) is 6.57. The second-order valence-electron chi connectivity index (χ2n) is 6.41.